The number of anilines is 1. The van der Waals surface area contributed by atoms with Crippen LogP contribution in [0.15, 0.2) is 121 Å². The van der Waals surface area contributed by atoms with Crippen molar-refractivity contribution < 1.29 is 23.9 Å². The van der Waals surface area contributed by atoms with Gasteiger partial charge in [-0.2, -0.15) is 0 Å². The maximum atomic E-state index is 14.2. The molecular weight excluding hydrogens is 590 g/mol. The van der Waals surface area contributed by atoms with Crippen molar-refractivity contribution in [1.29, 1.82) is 0 Å². The van der Waals surface area contributed by atoms with Gasteiger partial charge < -0.3 is 19.3 Å². The lowest BCUT2D eigenvalue weighted by molar-refractivity contribution is -0.159. The van der Waals surface area contributed by atoms with E-state index in [2.05, 4.69) is 10.2 Å². The van der Waals surface area contributed by atoms with Crippen molar-refractivity contribution in [3.05, 3.63) is 138 Å². The monoisotopic (exact) mass is 633 g/mol. The van der Waals surface area contributed by atoms with Gasteiger partial charge in [0.2, 0.25) is 5.91 Å². The minimum absolute atomic E-state index is 0.240. The van der Waals surface area contributed by atoms with Crippen LogP contribution >= 0.6 is 0 Å². The molecule has 4 aromatic rings. The second-order valence-electron chi connectivity index (χ2n) is 11.7. The van der Waals surface area contributed by atoms with Gasteiger partial charge in [0.1, 0.15) is 12.1 Å². The highest BCUT2D eigenvalue weighted by Crippen LogP contribution is 2.28. The molecule has 8 heteroatoms. The summed E-state index contributed by atoms with van der Waals surface area (Å²) < 4.78 is 11.7. The van der Waals surface area contributed by atoms with Crippen LogP contribution in [0.2, 0.25) is 0 Å². The molecule has 1 heterocycles. The summed E-state index contributed by atoms with van der Waals surface area (Å²) >= 11 is 0. The van der Waals surface area contributed by atoms with Crippen molar-refractivity contribution in [2.45, 2.75) is 50.9 Å². The Morgan fingerprint density at radius 3 is 1.91 bits per heavy atom. The third-order valence-electron chi connectivity index (χ3n) is 8.45. The first kappa shape index (κ1) is 33.4. The SMILES string of the molecule is CCOC(=O)C(CCc1ccccc1)NC(C)C(=O)N1CCN(c2ccccc2)CC1C(=O)OC(c1ccccc1)c1ccccc1. The number of carbonyl (C=O) groups is 3. The number of nitrogens with one attached hydrogen (secondary N) is 1. The Morgan fingerprint density at radius 1 is 0.787 bits per heavy atom. The fourth-order valence-electron chi connectivity index (χ4n) is 5.99. The van der Waals surface area contributed by atoms with Crippen molar-refractivity contribution in [1.82, 2.24) is 10.2 Å². The molecule has 1 saturated heterocycles. The number of carbonyl (C=O) groups excluding carboxylic acids is 3. The topological polar surface area (TPSA) is 88.2 Å². The van der Waals surface area contributed by atoms with Gasteiger partial charge in [-0.3, -0.25) is 14.9 Å². The van der Waals surface area contributed by atoms with E-state index >= 15 is 0 Å². The molecule has 1 fully saturated rings. The second-order valence-corrected chi connectivity index (χ2v) is 11.7. The number of rotatable bonds is 13. The normalized spacial score (nSPS) is 15.9. The van der Waals surface area contributed by atoms with Crippen LogP contribution in [-0.2, 0) is 30.3 Å². The van der Waals surface area contributed by atoms with Gasteiger partial charge in [0.05, 0.1) is 12.6 Å². The van der Waals surface area contributed by atoms with E-state index in [-0.39, 0.29) is 19.1 Å². The average molecular weight is 634 g/mol. The number of amides is 1. The Bertz CT molecular complexity index is 1530. The number of benzene rings is 4. The van der Waals surface area contributed by atoms with Crippen molar-refractivity contribution in [3.63, 3.8) is 0 Å². The van der Waals surface area contributed by atoms with Crippen LogP contribution in [-0.4, -0.2) is 67.1 Å². The first-order valence-electron chi connectivity index (χ1n) is 16.3. The summed E-state index contributed by atoms with van der Waals surface area (Å²) in [5, 5.41) is 3.23. The number of nitrogens with zero attached hydrogens (tertiary/aromatic N) is 2. The molecule has 8 nitrogen and oxygen atoms in total. The van der Waals surface area contributed by atoms with Gasteiger partial charge >= 0.3 is 11.9 Å². The van der Waals surface area contributed by atoms with Crippen LogP contribution in [0.5, 0.6) is 0 Å². The molecule has 1 aliphatic rings. The predicted octanol–water partition coefficient (Wildman–Crippen LogP) is 5.58. The molecule has 0 aliphatic carbocycles. The van der Waals surface area contributed by atoms with E-state index in [1.807, 2.05) is 121 Å². The third kappa shape index (κ3) is 8.86. The number of hydrogen-bond acceptors (Lipinski definition) is 7. The van der Waals surface area contributed by atoms with Gasteiger partial charge in [0.25, 0.3) is 0 Å². The van der Waals surface area contributed by atoms with Gasteiger partial charge in [-0.05, 0) is 55.5 Å². The summed E-state index contributed by atoms with van der Waals surface area (Å²) in [6, 6.07) is 36.7. The highest BCUT2D eigenvalue weighted by Gasteiger charge is 2.40. The lowest BCUT2D eigenvalue weighted by Gasteiger charge is -2.42. The summed E-state index contributed by atoms with van der Waals surface area (Å²) in [4.78, 5) is 45.0. The highest BCUT2D eigenvalue weighted by molar-refractivity contribution is 5.89. The quantitative estimate of drug-likeness (QED) is 0.193. The van der Waals surface area contributed by atoms with Gasteiger partial charge in [-0.1, -0.05) is 109 Å². The van der Waals surface area contributed by atoms with Crippen molar-refractivity contribution in [2.24, 2.45) is 0 Å². The van der Waals surface area contributed by atoms with E-state index in [1.54, 1.807) is 18.7 Å². The van der Waals surface area contributed by atoms with E-state index in [4.69, 9.17) is 9.47 Å². The van der Waals surface area contributed by atoms with E-state index < -0.39 is 36.2 Å². The molecule has 0 bridgehead atoms. The minimum Gasteiger partial charge on any atom is -0.465 e. The maximum absolute atomic E-state index is 14.2. The minimum atomic E-state index is -0.874. The first-order chi connectivity index (χ1) is 22.9. The highest BCUT2D eigenvalue weighted by atomic mass is 16.5. The fourth-order valence-corrected chi connectivity index (χ4v) is 5.99. The lowest BCUT2D eigenvalue weighted by atomic mass is 10.0. The first-order valence-corrected chi connectivity index (χ1v) is 16.3. The number of ether oxygens (including phenoxy) is 2. The van der Waals surface area contributed by atoms with Crippen LogP contribution in [0.3, 0.4) is 0 Å². The molecule has 3 unspecified atom stereocenters. The molecule has 1 aliphatic heterocycles. The summed E-state index contributed by atoms with van der Waals surface area (Å²) in [6.07, 6.45) is 0.461. The molecule has 3 atom stereocenters. The Hall–Kier alpha value is -4.95. The van der Waals surface area contributed by atoms with E-state index in [9.17, 15) is 14.4 Å². The predicted molar refractivity (Wildman–Crippen MR) is 183 cm³/mol. The Kier molecular flexibility index (Phi) is 11.8. The van der Waals surface area contributed by atoms with Gasteiger partial charge in [0.15, 0.2) is 6.10 Å². The molecular formula is C39H43N3O5. The van der Waals surface area contributed by atoms with E-state index in [0.29, 0.717) is 25.9 Å². The molecule has 0 spiro atoms. The Morgan fingerprint density at radius 2 is 1.34 bits per heavy atom. The molecule has 1 amide bonds. The maximum Gasteiger partial charge on any atom is 0.331 e. The molecule has 5 rings (SSSR count). The standard InChI is InChI=1S/C39H43N3O5/c1-3-46-38(44)34(25-24-30-16-8-4-9-17-30)40-29(2)37(43)42-27-26-41(33-22-14-7-15-23-33)28-35(42)39(45)47-36(31-18-10-5-11-19-31)32-20-12-6-13-21-32/h4-23,29,34-36,40H,3,24-28H2,1-2H3. The Balaban J connectivity index is 1.37. The zero-order valence-corrected chi connectivity index (χ0v) is 27.0. The van der Waals surface area contributed by atoms with E-state index in [1.165, 1.54) is 0 Å². The molecule has 244 valence electrons. The van der Waals surface area contributed by atoms with Crippen LogP contribution in [0, 0.1) is 0 Å². The van der Waals surface area contributed by atoms with Crippen molar-refractivity contribution in [2.75, 3.05) is 31.1 Å². The van der Waals surface area contributed by atoms with Gasteiger partial charge in [-0.15, -0.1) is 0 Å². The van der Waals surface area contributed by atoms with Gasteiger partial charge in [-0.25, -0.2) is 4.79 Å². The summed E-state index contributed by atoms with van der Waals surface area (Å²) in [6.45, 7) is 4.87. The fraction of sp³-hybridized carbons (Fsp3) is 0.308. The number of esters is 2. The molecule has 1 N–H and O–H groups in total. The number of piperazine rings is 1. The van der Waals surface area contributed by atoms with Crippen LogP contribution in [0.1, 0.15) is 43.1 Å². The summed E-state index contributed by atoms with van der Waals surface area (Å²) in [5.41, 5.74) is 3.74. The van der Waals surface area contributed by atoms with Gasteiger partial charge in [0, 0.05) is 25.3 Å². The number of para-hydroxylation sites is 1. The smallest absolute Gasteiger partial charge is 0.331 e. The molecule has 0 radical (unpaired) electrons. The van der Waals surface area contributed by atoms with Crippen LogP contribution in [0.4, 0.5) is 5.69 Å². The molecule has 0 saturated carbocycles. The zero-order chi connectivity index (χ0) is 33.0. The largest absolute Gasteiger partial charge is 0.465 e. The van der Waals surface area contributed by atoms with Crippen molar-refractivity contribution >= 4 is 23.5 Å². The molecule has 4 aromatic carbocycles. The molecule has 0 aromatic heterocycles. The van der Waals surface area contributed by atoms with Crippen LogP contribution < -0.4 is 10.2 Å². The third-order valence-corrected chi connectivity index (χ3v) is 8.45. The van der Waals surface area contributed by atoms with Crippen molar-refractivity contribution in [3.8, 4) is 0 Å². The average Bonchev–Trinajstić information content (AvgIpc) is 3.13. The number of aryl methyl sites for hydroxylation is 1. The summed E-state index contributed by atoms with van der Waals surface area (Å²) in [7, 11) is 0. The number of hydrogen-bond donors (Lipinski definition) is 1. The van der Waals surface area contributed by atoms with E-state index in [0.717, 1.165) is 22.4 Å². The molecule has 47 heavy (non-hydrogen) atoms. The lowest BCUT2D eigenvalue weighted by Crippen LogP contribution is -2.62. The second kappa shape index (κ2) is 16.6. The Labute approximate surface area is 277 Å². The zero-order valence-electron chi connectivity index (χ0n) is 27.0. The summed E-state index contributed by atoms with van der Waals surface area (Å²) in [5.74, 6) is -1.17. The van der Waals surface area contributed by atoms with Crippen LogP contribution in [0.25, 0.3) is 0 Å².